The summed E-state index contributed by atoms with van der Waals surface area (Å²) < 4.78 is 10.9. The van der Waals surface area contributed by atoms with Gasteiger partial charge >= 0.3 is 0 Å². The second kappa shape index (κ2) is 6.54. The second-order valence-electron chi connectivity index (χ2n) is 8.56. The minimum absolute atomic E-state index is 0.197. The van der Waals surface area contributed by atoms with Gasteiger partial charge in [-0.15, -0.1) is 0 Å². The Kier molecular flexibility index (Phi) is 4.74. The van der Waals surface area contributed by atoms with E-state index < -0.39 is 0 Å². The number of methoxy groups -OCH3 is 2. The fourth-order valence-corrected chi connectivity index (χ4v) is 4.68. The van der Waals surface area contributed by atoms with Gasteiger partial charge in [-0.2, -0.15) is 0 Å². The Labute approximate surface area is 151 Å². The maximum atomic E-state index is 12.9. The summed E-state index contributed by atoms with van der Waals surface area (Å²) in [6, 6.07) is 6.17. The Hall–Kier alpha value is -1.71. The van der Waals surface area contributed by atoms with Crippen molar-refractivity contribution >= 4 is 5.91 Å². The molecule has 2 aliphatic heterocycles. The van der Waals surface area contributed by atoms with Crippen molar-refractivity contribution in [1.29, 1.82) is 0 Å². The summed E-state index contributed by atoms with van der Waals surface area (Å²) in [7, 11) is 3.32. The molecule has 0 radical (unpaired) electrons. The number of carbonyl (C=O) groups excluding carboxylic acids is 1. The molecule has 0 N–H and O–H groups in total. The maximum Gasteiger partial charge on any atom is 0.223 e. The van der Waals surface area contributed by atoms with Gasteiger partial charge in [-0.1, -0.05) is 26.8 Å². The lowest BCUT2D eigenvalue weighted by atomic mass is 9.70. The number of hydrogen-bond donors (Lipinski definition) is 0. The molecule has 3 rings (SSSR count). The number of carbonyl (C=O) groups is 1. The van der Waals surface area contributed by atoms with Crippen molar-refractivity contribution in [3.8, 4) is 11.5 Å². The highest BCUT2D eigenvalue weighted by Crippen LogP contribution is 2.51. The van der Waals surface area contributed by atoms with Crippen LogP contribution >= 0.6 is 0 Å². The fourth-order valence-electron chi connectivity index (χ4n) is 4.68. The minimum Gasteiger partial charge on any atom is -0.493 e. The summed E-state index contributed by atoms with van der Waals surface area (Å²) >= 11 is 0. The van der Waals surface area contributed by atoms with E-state index in [0.29, 0.717) is 18.2 Å². The molecule has 0 bridgehead atoms. The zero-order valence-corrected chi connectivity index (χ0v) is 16.2. The van der Waals surface area contributed by atoms with Crippen LogP contribution in [0.2, 0.25) is 0 Å². The maximum absolute atomic E-state index is 12.9. The van der Waals surface area contributed by atoms with Crippen LogP contribution in [0.1, 0.15) is 58.4 Å². The molecule has 0 spiro atoms. The van der Waals surface area contributed by atoms with Crippen molar-refractivity contribution in [1.82, 2.24) is 4.90 Å². The first kappa shape index (κ1) is 18.1. The third-order valence-corrected chi connectivity index (χ3v) is 6.23. The van der Waals surface area contributed by atoms with Gasteiger partial charge in [0.2, 0.25) is 5.91 Å². The van der Waals surface area contributed by atoms with Gasteiger partial charge < -0.3 is 14.4 Å². The third kappa shape index (κ3) is 3.11. The average molecular weight is 345 g/mol. The highest BCUT2D eigenvalue weighted by atomic mass is 16.5. The number of hydrogen-bond acceptors (Lipinski definition) is 3. The molecule has 1 aromatic carbocycles. The van der Waals surface area contributed by atoms with E-state index in [0.717, 1.165) is 43.7 Å². The van der Waals surface area contributed by atoms with Crippen molar-refractivity contribution in [2.75, 3.05) is 20.8 Å². The SMILES string of the molecule is COc1ccc([C@]23CCCN2C(=O)CC[C@H](C(C)(C)C)C3)cc1OC. The van der Waals surface area contributed by atoms with Gasteiger partial charge in [0.15, 0.2) is 11.5 Å². The molecule has 4 heteroatoms. The molecule has 25 heavy (non-hydrogen) atoms. The number of nitrogens with zero attached hydrogens (tertiary/aromatic N) is 1. The third-order valence-electron chi connectivity index (χ3n) is 6.23. The van der Waals surface area contributed by atoms with E-state index in [2.05, 4.69) is 37.8 Å². The number of benzene rings is 1. The van der Waals surface area contributed by atoms with Crippen LogP contribution in [-0.4, -0.2) is 31.6 Å². The molecule has 2 aliphatic rings. The van der Waals surface area contributed by atoms with Gasteiger partial charge in [0.1, 0.15) is 0 Å². The summed E-state index contributed by atoms with van der Waals surface area (Å²) in [6.07, 6.45) is 4.76. The average Bonchev–Trinajstić information content (AvgIpc) is 2.95. The molecule has 2 fully saturated rings. The van der Waals surface area contributed by atoms with E-state index in [-0.39, 0.29) is 11.0 Å². The van der Waals surface area contributed by atoms with Gasteiger partial charge in [-0.25, -0.2) is 0 Å². The first-order valence-corrected chi connectivity index (χ1v) is 9.35. The zero-order valence-electron chi connectivity index (χ0n) is 16.2. The highest BCUT2D eigenvalue weighted by Gasteiger charge is 2.49. The molecule has 1 amide bonds. The molecule has 1 aromatic rings. The van der Waals surface area contributed by atoms with Gasteiger partial charge in [0, 0.05) is 13.0 Å². The van der Waals surface area contributed by atoms with Crippen molar-refractivity contribution in [3.05, 3.63) is 23.8 Å². The van der Waals surface area contributed by atoms with Crippen LogP contribution in [0.3, 0.4) is 0 Å². The molecule has 0 aromatic heterocycles. The van der Waals surface area contributed by atoms with E-state index in [1.807, 2.05) is 6.07 Å². The largest absolute Gasteiger partial charge is 0.493 e. The normalized spacial score (nSPS) is 27.0. The lowest BCUT2D eigenvalue weighted by molar-refractivity contribution is -0.134. The van der Waals surface area contributed by atoms with Crippen LogP contribution in [0, 0.1) is 11.3 Å². The molecule has 0 unspecified atom stereocenters. The summed E-state index contributed by atoms with van der Waals surface area (Å²) in [5.74, 6) is 2.30. The number of ether oxygens (including phenoxy) is 2. The highest BCUT2D eigenvalue weighted by molar-refractivity contribution is 5.78. The molecule has 2 heterocycles. The molecule has 2 saturated heterocycles. The Morgan fingerprint density at radius 2 is 1.88 bits per heavy atom. The summed E-state index contributed by atoms with van der Waals surface area (Å²) in [6.45, 7) is 7.77. The molecular weight excluding hydrogens is 314 g/mol. The lowest BCUT2D eigenvalue weighted by Crippen LogP contribution is -2.45. The van der Waals surface area contributed by atoms with E-state index >= 15 is 0 Å². The van der Waals surface area contributed by atoms with E-state index in [9.17, 15) is 4.79 Å². The van der Waals surface area contributed by atoms with Gasteiger partial charge in [-0.05, 0) is 54.7 Å². The first-order valence-electron chi connectivity index (χ1n) is 9.35. The van der Waals surface area contributed by atoms with Crippen molar-refractivity contribution < 1.29 is 14.3 Å². The summed E-state index contributed by atoms with van der Waals surface area (Å²) in [5, 5.41) is 0. The molecule has 2 atom stereocenters. The van der Waals surface area contributed by atoms with E-state index in [4.69, 9.17) is 9.47 Å². The standard InChI is InChI=1S/C21H31NO3/c1-20(2,3)16-8-10-19(23)22-12-6-11-21(22,14-16)15-7-9-17(24-4)18(13-15)25-5/h7,9,13,16H,6,8,10-12,14H2,1-5H3/t16-,21+/m0/s1. The zero-order chi connectivity index (χ0) is 18.2. The lowest BCUT2D eigenvalue weighted by Gasteiger charge is -2.42. The Morgan fingerprint density at radius 3 is 2.52 bits per heavy atom. The Bertz CT molecular complexity index is 649. The topological polar surface area (TPSA) is 38.8 Å². The smallest absolute Gasteiger partial charge is 0.223 e. The van der Waals surface area contributed by atoms with Crippen LogP contribution < -0.4 is 9.47 Å². The van der Waals surface area contributed by atoms with E-state index in [1.54, 1.807) is 14.2 Å². The number of fused-ring (bicyclic) bond motifs is 1. The van der Waals surface area contributed by atoms with Crippen LogP contribution in [0.4, 0.5) is 0 Å². The molecule has 138 valence electrons. The monoisotopic (exact) mass is 345 g/mol. The first-order chi connectivity index (χ1) is 11.8. The molecule has 0 aliphatic carbocycles. The van der Waals surface area contributed by atoms with Crippen molar-refractivity contribution in [3.63, 3.8) is 0 Å². The minimum atomic E-state index is -0.203. The quantitative estimate of drug-likeness (QED) is 0.816. The predicted molar refractivity (Wildman–Crippen MR) is 99.0 cm³/mol. The Morgan fingerprint density at radius 1 is 1.16 bits per heavy atom. The van der Waals surface area contributed by atoms with E-state index in [1.165, 1.54) is 5.56 Å². The fraction of sp³-hybridized carbons (Fsp3) is 0.667. The Balaban J connectivity index is 2.09. The van der Waals surface area contributed by atoms with Gasteiger partial charge in [-0.3, -0.25) is 4.79 Å². The summed E-state index contributed by atoms with van der Waals surface area (Å²) in [4.78, 5) is 15.0. The van der Waals surface area contributed by atoms with Crippen LogP contribution in [-0.2, 0) is 10.3 Å². The predicted octanol–water partition coefficient (Wildman–Crippen LogP) is 4.37. The van der Waals surface area contributed by atoms with Crippen molar-refractivity contribution in [2.45, 2.75) is 58.4 Å². The van der Waals surface area contributed by atoms with Crippen LogP contribution in [0.15, 0.2) is 18.2 Å². The summed E-state index contributed by atoms with van der Waals surface area (Å²) in [5.41, 5.74) is 1.18. The van der Waals surface area contributed by atoms with Gasteiger partial charge in [0.05, 0.1) is 19.8 Å². The van der Waals surface area contributed by atoms with Crippen molar-refractivity contribution in [2.24, 2.45) is 11.3 Å². The number of rotatable bonds is 3. The second-order valence-corrected chi connectivity index (χ2v) is 8.56. The number of amides is 1. The van der Waals surface area contributed by atoms with Crippen LogP contribution in [0.25, 0.3) is 0 Å². The van der Waals surface area contributed by atoms with Crippen LogP contribution in [0.5, 0.6) is 11.5 Å². The molecule has 0 saturated carbocycles. The molecular formula is C21H31NO3. The van der Waals surface area contributed by atoms with Gasteiger partial charge in [0.25, 0.3) is 0 Å². The molecule has 4 nitrogen and oxygen atoms in total.